The van der Waals surface area contributed by atoms with E-state index in [-0.39, 0.29) is 5.75 Å². The summed E-state index contributed by atoms with van der Waals surface area (Å²) in [4.78, 5) is 0. The van der Waals surface area contributed by atoms with Crippen LogP contribution in [-0.2, 0) is 10.9 Å². The zero-order valence-corrected chi connectivity index (χ0v) is 10.1. The summed E-state index contributed by atoms with van der Waals surface area (Å²) in [5.74, 6) is 0.213. The van der Waals surface area contributed by atoms with Crippen molar-refractivity contribution in [2.24, 2.45) is 0 Å². The van der Waals surface area contributed by atoms with E-state index in [4.69, 9.17) is 4.74 Å². The summed E-state index contributed by atoms with van der Waals surface area (Å²) in [5, 5.41) is 3.16. The summed E-state index contributed by atoms with van der Waals surface area (Å²) in [6, 6.07) is 4.74. The maximum atomic E-state index is 12.0. The lowest BCUT2D eigenvalue weighted by atomic mass is 10.2. The molecule has 0 unspecified atom stereocenters. The van der Waals surface area contributed by atoms with E-state index in [0.717, 1.165) is 38.4 Å². The zero-order chi connectivity index (χ0) is 13.4. The number of morpholine rings is 1. The van der Waals surface area contributed by atoms with Crippen molar-refractivity contribution in [1.82, 2.24) is 5.32 Å². The molecule has 6 heteroatoms. The number of alkyl halides is 3. The highest BCUT2D eigenvalue weighted by atomic mass is 19.4. The van der Waals surface area contributed by atoms with Gasteiger partial charge < -0.3 is 14.8 Å². The number of ether oxygens (including phenoxy) is 2. The van der Waals surface area contributed by atoms with Crippen molar-refractivity contribution in [1.29, 1.82) is 0 Å². The highest BCUT2D eigenvalue weighted by Crippen LogP contribution is 2.30. The number of benzene rings is 1. The van der Waals surface area contributed by atoms with Crippen molar-refractivity contribution < 1.29 is 22.6 Å². The van der Waals surface area contributed by atoms with Crippen molar-refractivity contribution >= 4 is 0 Å². The summed E-state index contributed by atoms with van der Waals surface area (Å²) in [7, 11) is 1.33. The highest BCUT2D eigenvalue weighted by Gasteiger charge is 2.30. The van der Waals surface area contributed by atoms with E-state index in [1.165, 1.54) is 19.2 Å². The molecule has 0 amide bonds. The fraction of sp³-hybridized carbons (Fsp3) is 0.500. The smallest absolute Gasteiger partial charge is 0.416 e. The SMILES string of the molecule is C1COCCN1.COc1cccc(C(F)(F)F)c1. The Balaban J connectivity index is 0.000000225. The molecule has 0 aliphatic carbocycles. The number of rotatable bonds is 1. The average Bonchev–Trinajstić information content (AvgIpc) is 2.40. The number of halogens is 3. The molecule has 3 nitrogen and oxygen atoms in total. The molecule has 0 saturated carbocycles. The first-order chi connectivity index (χ1) is 8.54. The molecule has 102 valence electrons. The first-order valence-electron chi connectivity index (χ1n) is 5.54. The number of nitrogens with one attached hydrogen (secondary N) is 1. The van der Waals surface area contributed by atoms with Crippen LogP contribution in [0.25, 0.3) is 0 Å². The highest BCUT2D eigenvalue weighted by molar-refractivity contribution is 5.29. The zero-order valence-electron chi connectivity index (χ0n) is 10.1. The molecular weight excluding hydrogens is 247 g/mol. The lowest BCUT2D eigenvalue weighted by molar-refractivity contribution is -0.137. The van der Waals surface area contributed by atoms with Gasteiger partial charge in [0.15, 0.2) is 0 Å². The number of hydrogen-bond acceptors (Lipinski definition) is 3. The Kier molecular flexibility index (Phi) is 5.94. The Hall–Kier alpha value is -1.27. The van der Waals surface area contributed by atoms with E-state index in [1.807, 2.05) is 0 Å². The third-order valence-corrected chi connectivity index (χ3v) is 2.24. The average molecular weight is 263 g/mol. The molecule has 1 N–H and O–H groups in total. The number of hydrogen-bond donors (Lipinski definition) is 1. The minimum absolute atomic E-state index is 0.213. The topological polar surface area (TPSA) is 30.5 Å². The summed E-state index contributed by atoms with van der Waals surface area (Å²) in [6.07, 6.45) is -4.30. The van der Waals surface area contributed by atoms with Crippen molar-refractivity contribution in [3.8, 4) is 5.75 Å². The second-order valence-electron chi connectivity index (χ2n) is 3.59. The normalized spacial score (nSPS) is 15.6. The van der Waals surface area contributed by atoms with Crippen molar-refractivity contribution in [2.75, 3.05) is 33.4 Å². The fourth-order valence-corrected chi connectivity index (χ4v) is 1.32. The van der Waals surface area contributed by atoms with Crippen LogP contribution >= 0.6 is 0 Å². The Morgan fingerprint density at radius 1 is 1.22 bits per heavy atom. The Labute approximate surface area is 104 Å². The maximum Gasteiger partial charge on any atom is 0.416 e. The summed E-state index contributed by atoms with van der Waals surface area (Å²) < 4.78 is 45.8. The van der Waals surface area contributed by atoms with Crippen LogP contribution in [-0.4, -0.2) is 33.4 Å². The fourth-order valence-electron chi connectivity index (χ4n) is 1.32. The lowest BCUT2D eigenvalue weighted by Gasteiger charge is -2.10. The number of methoxy groups -OCH3 is 1. The summed E-state index contributed by atoms with van der Waals surface area (Å²) in [5.41, 5.74) is -0.693. The lowest BCUT2D eigenvalue weighted by Crippen LogP contribution is -2.30. The quantitative estimate of drug-likeness (QED) is 0.843. The van der Waals surface area contributed by atoms with Gasteiger partial charge in [0, 0.05) is 13.1 Å². The molecule has 1 aromatic rings. The van der Waals surface area contributed by atoms with E-state index in [1.54, 1.807) is 0 Å². The molecule has 0 bridgehead atoms. The molecular formula is C12H16F3NO2. The molecule has 0 spiro atoms. The van der Waals surface area contributed by atoms with E-state index in [9.17, 15) is 13.2 Å². The standard InChI is InChI=1S/C8H7F3O.C4H9NO/c1-12-7-4-2-3-6(5-7)8(9,10)11;1-3-6-4-2-5-1/h2-5H,1H3;5H,1-4H2. The molecule has 2 rings (SSSR count). The monoisotopic (exact) mass is 263 g/mol. The largest absolute Gasteiger partial charge is 0.497 e. The Morgan fingerprint density at radius 2 is 1.89 bits per heavy atom. The van der Waals surface area contributed by atoms with E-state index < -0.39 is 11.7 Å². The van der Waals surface area contributed by atoms with Gasteiger partial charge in [-0.25, -0.2) is 0 Å². The van der Waals surface area contributed by atoms with Gasteiger partial charge in [-0.15, -0.1) is 0 Å². The van der Waals surface area contributed by atoms with Crippen molar-refractivity contribution in [2.45, 2.75) is 6.18 Å². The predicted molar refractivity (Wildman–Crippen MR) is 61.7 cm³/mol. The minimum Gasteiger partial charge on any atom is -0.497 e. The van der Waals surface area contributed by atoms with Crippen LogP contribution in [0.5, 0.6) is 5.75 Å². The van der Waals surface area contributed by atoms with Gasteiger partial charge in [0.1, 0.15) is 5.75 Å². The van der Waals surface area contributed by atoms with E-state index >= 15 is 0 Å². The van der Waals surface area contributed by atoms with Gasteiger partial charge in [-0.3, -0.25) is 0 Å². The molecule has 0 radical (unpaired) electrons. The molecule has 1 aromatic carbocycles. The Bertz CT molecular complexity index is 340. The van der Waals surface area contributed by atoms with Crippen molar-refractivity contribution in [3.63, 3.8) is 0 Å². The predicted octanol–water partition coefficient (Wildman–Crippen LogP) is 2.32. The first-order valence-corrected chi connectivity index (χ1v) is 5.54. The van der Waals surface area contributed by atoms with Gasteiger partial charge in [-0.2, -0.15) is 13.2 Å². The van der Waals surface area contributed by atoms with Gasteiger partial charge in [0.2, 0.25) is 0 Å². The molecule has 1 fully saturated rings. The maximum absolute atomic E-state index is 12.0. The molecule has 0 aromatic heterocycles. The van der Waals surface area contributed by atoms with E-state index in [2.05, 4.69) is 10.1 Å². The molecule has 1 aliphatic heterocycles. The van der Waals surface area contributed by atoms with Crippen LogP contribution in [0.4, 0.5) is 13.2 Å². The van der Waals surface area contributed by atoms with Crippen LogP contribution in [0.1, 0.15) is 5.56 Å². The summed E-state index contributed by atoms with van der Waals surface area (Å²) >= 11 is 0. The van der Waals surface area contributed by atoms with Gasteiger partial charge in [-0.05, 0) is 18.2 Å². The molecule has 1 aliphatic rings. The van der Waals surface area contributed by atoms with Gasteiger partial charge in [-0.1, -0.05) is 6.07 Å². The molecule has 1 saturated heterocycles. The second-order valence-corrected chi connectivity index (χ2v) is 3.59. The molecule has 0 atom stereocenters. The first kappa shape index (κ1) is 14.8. The van der Waals surface area contributed by atoms with Crippen molar-refractivity contribution in [3.05, 3.63) is 29.8 Å². The molecule has 1 heterocycles. The third kappa shape index (κ3) is 5.37. The van der Waals surface area contributed by atoms with Crippen LogP contribution in [0, 0.1) is 0 Å². The third-order valence-electron chi connectivity index (χ3n) is 2.24. The van der Waals surface area contributed by atoms with Crippen LogP contribution in [0.2, 0.25) is 0 Å². The van der Waals surface area contributed by atoms with Crippen LogP contribution in [0.3, 0.4) is 0 Å². The van der Waals surface area contributed by atoms with Crippen LogP contribution in [0.15, 0.2) is 24.3 Å². The second kappa shape index (κ2) is 7.23. The minimum atomic E-state index is -4.30. The van der Waals surface area contributed by atoms with E-state index in [0.29, 0.717) is 0 Å². The van der Waals surface area contributed by atoms with Crippen LogP contribution < -0.4 is 10.1 Å². The van der Waals surface area contributed by atoms with Gasteiger partial charge >= 0.3 is 6.18 Å². The summed E-state index contributed by atoms with van der Waals surface area (Å²) in [6.45, 7) is 3.83. The van der Waals surface area contributed by atoms with Gasteiger partial charge in [0.25, 0.3) is 0 Å². The molecule has 18 heavy (non-hydrogen) atoms. The van der Waals surface area contributed by atoms with Gasteiger partial charge in [0.05, 0.1) is 25.9 Å². The Morgan fingerprint density at radius 3 is 2.28 bits per heavy atom.